The molecule has 1 aromatic carbocycles. The number of ether oxygens (including phenoxy) is 1. The molecule has 0 aliphatic carbocycles. The fourth-order valence-electron chi connectivity index (χ4n) is 3.88. The fraction of sp³-hybridized carbons (Fsp3) is 0.650. The molecule has 2 aliphatic rings. The van der Waals surface area contributed by atoms with E-state index in [2.05, 4.69) is 0 Å². The summed E-state index contributed by atoms with van der Waals surface area (Å²) in [5.41, 5.74) is 0.357. The molecule has 2 unspecified atom stereocenters. The third kappa shape index (κ3) is 5.10. The highest BCUT2D eigenvalue weighted by molar-refractivity contribution is 7.99. The van der Waals surface area contributed by atoms with Crippen molar-refractivity contribution >= 4 is 39.3 Å². The first-order chi connectivity index (χ1) is 13.9. The van der Waals surface area contributed by atoms with Crippen molar-refractivity contribution in [2.24, 2.45) is 0 Å². The number of sulfonamides is 1. The van der Waals surface area contributed by atoms with Crippen molar-refractivity contribution in [1.29, 1.82) is 0 Å². The van der Waals surface area contributed by atoms with E-state index in [-0.39, 0.29) is 28.0 Å². The molecule has 29 heavy (non-hydrogen) atoms. The molecule has 1 aromatic rings. The zero-order valence-electron chi connectivity index (χ0n) is 17.0. The molecule has 3 rings (SSSR count). The molecule has 9 heteroatoms. The Balaban J connectivity index is 1.91. The maximum atomic E-state index is 13.4. The maximum absolute atomic E-state index is 13.4. The highest BCUT2D eigenvalue weighted by atomic mass is 35.5. The molecule has 2 aliphatic heterocycles. The van der Waals surface area contributed by atoms with E-state index in [1.165, 1.54) is 16.4 Å². The number of carbonyl (C=O) groups is 1. The van der Waals surface area contributed by atoms with Gasteiger partial charge < -0.3 is 9.64 Å². The van der Waals surface area contributed by atoms with Gasteiger partial charge in [0.05, 0.1) is 11.1 Å². The van der Waals surface area contributed by atoms with Gasteiger partial charge in [0.15, 0.2) is 0 Å². The third-order valence-electron chi connectivity index (χ3n) is 5.53. The maximum Gasteiger partial charge on any atom is 0.254 e. The molecular formula is C20H29ClN2O4S2. The molecule has 1 amide bonds. The van der Waals surface area contributed by atoms with E-state index < -0.39 is 10.0 Å². The Hall–Kier alpha value is -0.800. The summed E-state index contributed by atoms with van der Waals surface area (Å²) in [7, 11) is -3.75. The van der Waals surface area contributed by atoms with Crippen LogP contribution in [0.15, 0.2) is 23.1 Å². The molecule has 162 valence electrons. The second-order valence-electron chi connectivity index (χ2n) is 7.34. The van der Waals surface area contributed by atoms with Gasteiger partial charge in [0.25, 0.3) is 5.91 Å². The van der Waals surface area contributed by atoms with Gasteiger partial charge in [-0.15, -0.1) is 0 Å². The molecule has 0 saturated carbocycles. The Morgan fingerprint density at radius 1 is 1.28 bits per heavy atom. The summed E-state index contributed by atoms with van der Waals surface area (Å²) >= 11 is 8.08. The van der Waals surface area contributed by atoms with Crippen molar-refractivity contribution in [3.05, 3.63) is 28.8 Å². The zero-order valence-corrected chi connectivity index (χ0v) is 19.4. The van der Waals surface area contributed by atoms with Crippen LogP contribution < -0.4 is 0 Å². The summed E-state index contributed by atoms with van der Waals surface area (Å²) in [5, 5.41) is 0.135. The van der Waals surface area contributed by atoms with Crippen LogP contribution >= 0.6 is 23.4 Å². The summed E-state index contributed by atoms with van der Waals surface area (Å²) in [5.74, 6) is 1.78. The predicted octanol–water partition coefficient (Wildman–Crippen LogP) is 3.50. The van der Waals surface area contributed by atoms with Crippen LogP contribution in [0, 0.1) is 0 Å². The zero-order chi connectivity index (χ0) is 21.0. The Labute approximate surface area is 183 Å². The number of nitrogens with zero attached hydrogens (tertiary/aromatic N) is 2. The number of halogens is 1. The number of amides is 1. The van der Waals surface area contributed by atoms with E-state index in [1.54, 1.807) is 19.9 Å². The molecular weight excluding hydrogens is 432 g/mol. The first-order valence-corrected chi connectivity index (χ1v) is 13.2. The molecule has 2 saturated heterocycles. The molecule has 0 N–H and O–H groups in total. The summed E-state index contributed by atoms with van der Waals surface area (Å²) in [4.78, 5) is 15.3. The van der Waals surface area contributed by atoms with Gasteiger partial charge in [0.1, 0.15) is 4.90 Å². The van der Waals surface area contributed by atoms with Crippen LogP contribution in [0.2, 0.25) is 5.02 Å². The van der Waals surface area contributed by atoms with Gasteiger partial charge in [-0.3, -0.25) is 4.79 Å². The lowest BCUT2D eigenvalue weighted by Crippen LogP contribution is -2.44. The summed E-state index contributed by atoms with van der Waals surface area (Å²) in [6, 6.07) is 4.72. The Kier molecular flexibility index (Phi) is 7.89. The highest BCUT2D eigenvalue weighted by Crippen LogP contribution is 2.29. The van der Waals surface area contributed by atoms with Crippen molar-refractivity contribution < 1.29 is 17.9 Å². The smallest absolute Gasteiger partial charge is 0.254 e. The Morgan fingerprint density at radius 2 is 2.03 bits per heavy atom. The number of hydrogen-bond acceptors (Lipinski definition) is 5. The second kappa shape index (κ2) is 10.0. The quantitative estimate of drug-likeness (QED) is 0.594. The van der Waals surface area contributed by atoms with E-state index in [0.717, 1.165) is 37.4 Å². The molecule has 2 heterocycles. The standard InChI is InChI=1S/C20H29ClN2O4S2/c1-3-22(4-2)29(25,26)19-12-15(7-8-18(19)21)20(24)23(16-9-11-28-14-16)13-17-6-5-10-27-17/h7-8,12,16-17H,3-6,9-11,13-14H2,1-2H3. The topological polar surface area (TPSA) is 66.9 Å². The lowest BCUT2D eigenvalue weighted by molar-refractivity contribution is 0.0441. The van der Waals surface area contributed by atoms with Crippen molar-refractivity contribution in [3.8, 4) is 0 Å². The molecule has 2 fully saturated rings. The van der Waals surface area contributed by atoms with Gasteiger partial charge in [-0.05, 0) is 43.2 Å². The van der Waals surface area contributed by atoms with Gasteiger partial charge in [-0.1, -0.05) is 25.4 Å². The van der Waals surface area contributed by atoms with Crippen molar-refractivity contribution in [2.45, 2.75) is 50.2 Å². The average Bonchev–Trinajstić information content (AvgIpc) is 3.40. The number of hydrogen-bond donors (Lipinski definition) is 0. The molecule has 0 bridgehead atoms. The van der Waals surface area contributed by atoms with Crippen LogP contribution in [0.3, 0.4) is 0 Å². The van der Waals surface area contributed by atoms with Crippen LogP contribution in [0.4, 0.5) is 0 Å². The van der Waals surface area contributed by atoms with E-state index in [1.807, 2.05) is 16.7 Å². The van der Waals surface area contributed by atoms with Gasteiger partial charge in [0.2, 0.25) is 10.0 Å². The predicted molar refractivity (Wildman–Crippen MR) is 117 cm³/mol. The van der Waals surface area contributed by atoms with Gasteiger partial charge in [-0.25, -0.2) is 8.42 Å². The van der Waals surface area contributed by atoms with Crippen molar-refractivity contribution in [3.63, 3.8) is 0 Å². The summed E-state index contributed by atoms with van der Waals surface area (Å²) in [6.45, 7) is 5.54. The van der Waals surface area contributed by atoms with Gasteiger partial charge >= 0.3 is 0 Å². The Bertz CT molecular complexity index is 818. The minimum Gasteiger partial charge on any atom is -0.376 e. The van der Waals surface area contributed by atoms with Gasteiger partial charge in [-0.2, -0.15) is 16.1 Å². The number of thioether (sulfide) groups is 1. The van der Waals surface area contributed by atoms with Crippen molar-refractivity contribution in [1.82, 2.24) is 9.21 Å². The highest BCUT2D eigenvalue weighted by Gasteiger charge is 2.32. The number of benzene rings is 1. The normalized spacial score (nSPS) is 22.3. The second-order valence-corrected chi connectivity index (χ2v) is 10.8. The van der Waals surface area contributed by atoms with Crippen molar-refractivity contribution in [2.75, 3.05) is 37.7 Å². The average molecular weight is 461 g/mol. The first kappa shape index (κ1) is 22.9. The number of carbonyl (C=O) groups excluding carboxylic acids is 1. The van der Waals surface area contributed by atoms with Crippen LogP contribution in [0.25, 0.3) is 0 Å². The molecule has 0 aromatic heterocycles. The fourth-order valence-corrected chi connectivity index (χ4v) is 7.06. The summed E-state index contributed by atoms with van der Waals surface area (Å²) < 4.78 is 33.1. The number of rotatable bonds is 8. The van der Waals surface area contributed by atoms with E-state index in [4.69, 9.17) is 16.3 Å². The van der Waals surface area contributed by atoms with E-state index in [0.29, 0.717) is 25.2 Å². The van der Waals surface area contributed by atoms with Crippen LogP contribution in [0.1, 0.15) is 43.5 Å². The molecule has 0 radical (unpaired) electrons. The lowest BCUT2D eigenvalue weighted by Gasteiger charge is -2.31. The molecule has 2 atom stereocenters. The van der Waals surface area contributed by atoms with Crippen LogP contribution in [0.5, 0.6) is 0 Å². The van der Waals surface area contributed by atoms with E-state index >= 15 is 0 Å². The molecule has 0 spiro atoms. The molecule has 6 nitrogen and oxygen atoms in total. The Morgan fingerprint density at radius 3 is 2.62 bits per heavy atom. The van der Waals surface area contributed by atoms with E-state index in [9.17, 15) is 13.2 Å². The lowest BCUT2D eigenvalue weighted by atomic mass is 10.1. The summed E-state index contributed by atoms with van der Waals surface area (Å²) in [6.07, 6.45) is 2.96. The van der Waals surface area contributed by atoms with Crippen LogP contribution in [-0.4, -0.2) is 73.4 Å². The van der Waals surface area contributed by atoms with Crippen LogP contribution in [-0.2, 0) is 14.8 Å². The van der Waals surface area contributed by atoms with Gasteiger partial charge in [0, 0.05) is 43.6 Å². The largest absolute Gasteiger partial charge is 0.376 e. The minimum atomic E-state index is -3.75. The SMILES string of the molecule is CCN(CC)S(=O)(=O)c1cc(C(=O)N(CC2CCCO2)C2CCSC2)ccc1Cl. The monoisotopic (exact) mass is 460 g/mol. The third-order valence-corrected chi connectivity index (χ3v) is 9.21. The first-order valence-electron chi connectivity index (χ1n) is 10.2. The minimum absolute atomic E-state index is 0.00780.